The lowest BCUT2D eigenvalue weighted by Crippen LogP contribution is -1.83. The van der Waals surface area contributed by atoms with Gasteiger partial charge in [-0.15, -0.1) is 0 Å². The smallest absolute Gasteiger partial charge is 0.121 e. The van der Waals surface area contributed by atoms with Crippen LogP contribution in [0.5, 0.6) is 0 Å². The van der Waals surface area contributed by atoms with E-state index in [4.69, 9.17) is 5.21 Å². The molecular weight excluding hydrogens is 138 g/mol. The van der Waals surface area contributed by atoms with E-state index < -0.39 is 0 Å². The molecule has 1 heterocycles. The molecule has 5 heteroatoms. The van der Waals surface area contributed by atoms with Crippen LogP contribution in [0.25, 0.3) is 0 Å². The Morgan fingerprint density at radius 3 is 2.89 bits per heavy atom. The maximum absolute atomic E-state index is 8.07. The Labute approximate surface area is 56.2 Å². The number of nitrogens with zero attached hydrogens (tertiary/aromatic N) is 3. The van der Waals surface area contributed by atoms with Crippen LogP contribution in [0.4, 0.5) is 0 Å². The number of rotatable bonds is 1. The third kappa shape index (κ3) is 1.23. The number of hydrogen-bond donors (Lipinski definition) is 1. The molecule has 9 heavy (non-hydrogen) atoms. The first-order chi connectivity index (χ1) is 4.34. The highest BCUT2D eigenvalue weighted by molar-refractivity contribution is 6.99. The normalized spacial score (nSPS) is 10.8. The van der Waals surface area contributed by atoms with Gasteiger partial charge in [0.15, 0.2) is 0 Å². The summed E-state index contributed by atoms with van der Waals surface area (Å²) >= 11 is 1.10. The fourth-order valence-electron chi connectivity index (χ4n) is 0.410. The van der Waals surface area contributed by atoms with E-state index in [2.05, 4.69) is 13.9 Å². The highest BCUT2D eigenvalue weighted by Crippen LogP contribution is 1.99. The van der Waals surface area contributed by atoms with Gasteiger partial charge in [0, 0.05) is 0 Å². The van der Waals surface area contributed by atoms with E-state index in [1.165, 1.54) is 6.21 Å². The third-order valence-corrected chi connectivity index (χ3v) is 1.50. The van der Waals surface area contributed by atoms with Crippen LogP contribution < -0.4 is 0 Å². The maximum Gasteiger partial charge on any atom is 0.121 e. The fourth-order valence-corrected chi connectivity index (χ4v) is 0.934. The van der Waals surface area contributed by atoms with E-state index in [1.54, 1.807) is 6.92 Å². The molecule has 0 aromatic carbocycles. The summed E-state index contributed by atoms with van der Waals surface area (Å²) in [5, 5.41) is 10.9. The van der Waals surface area contributed by atoms with Crippen molar-refractivity contribution in [2.45, 2.75) is 6.92 Å². The minimum Gasteiger partial charge on any atom is -0.411 e. The van der Waals surface area contributed by atoms with Crippen molar-refractivity contribution in [2.24, 2.45) is 5.16 Å². The zero-order chi connectivity index (χ0) is 6.69. The van der Waals surface area contributed by atoms with Gasteiger partial charge in [-0.05, 0) is 6.92 Å². The molecule has 0 aliphatic heterocycles. The molecule has 0 atom stereocenters. The molecule has 1 N–H and O–H groups in total. The molecule has 0 fully saturated rings. The summed E-state index contributed by atoms with van der Waals surface area (Å²) in [5.41, 5.74) is 1.42. The lowest BCUT2D eigenvalue weighted by Gasteiger charge is -1.78. The van der Waals surface area contributed by atoms with Gasteiger partial charge in [-0.3, -0.25) is 0 Å². The molecule has 0 unspecified atom stereocenters. The van der Waals surface area contributed by atoms with Crippen molar-refractivity contribution in [3.8, 4) is 0 Å². The summed E-state index contributed by atoms with van der Waals surface area (Å²) in [6, 6.07) is 0. The first kappa shape index (κ1) is 6.15. The minimum atomic E-state index is 0.627. The van der Waals surface area contributed by atoms with E-state index in [0.717, 1.165) is 17.4 Å². The second kappa shape index (κ2) is 2.54. The highest BCUT2D eigenvalue weighted by atomic mass is 32.1. The van der Waals surface area contributed by atoms with Gasteiger partial charge in [-0.25, -0.2) is 0 Å². The topological polar surface area (TPSA) is 58.4 Å². The van der Waals surface area contributed by atoms with Crippen molar-refractivity contribution in [1.82, 2.24) is 8.75 Å². The molecule has 0 amide bonds. The van der Waals surface area contributed by atoms with Crippen LogP contribution in [-0.4, -0.2) is 20.2 Å². The van der Waals surface area contributed by atoms with Crippen molar-refractivity contribution >= 4 is 17.9 Å². The van der Waals surface area contributed by atoms with Crippen LogP contribution in [0.3, 0.4) is 0 Å². The molecule has 4 nitrogen and oxygen atoms in total. The molecule has 0 saturated carbocycles. The summed E-state index contributed by atoms with van der Waals surface area (Å²) in [5.74, 6) is 0. The van der Waals surface area contributed by atoms with Crippen molar-refractivity contribution in [3.63, 3.8) is 0 Å². The van der Waals surface area contributed by atoms with Gasteiger partial charge in [0.25, 0.3) is 0 Å². The molecule has 0 saturated heterocycles. The lowest BCUT2D eigenvalue weighted by molar-refractivity contribution is 0.321. The van der Waals surface area contributed by atoms with Gasteiger partial charge in [0.05, 0.1) is 23.6 Å². The zero-order valence-electron chi connectivity index (χ0n) is 4.77. The van der Waals surface area contributed by atoms with Gasteiger partial charge in [-0.1, -0.05) is 5.16 Å². The van der Waals surface area contributed by atoms with Gasteiger partial charge in [0.2, 0.25) is 0 Å². The van der Waals surface area contributed by atoms with E-state index in [0.29, 0.717) is 5.69 Å². The van der Waals surface area contributed by atoms with Gasteiger partial charge >= 0.3 is 0 Å². The summed E-state index contributed by atoms with van der Waals surface area (Å²) < 4.78 is 7.69. The second-order valence-electron chi connectivity index (χ2n) is 1.48. The Morgan fingerprint density at radius 1 is 1.67 bits per heavy atom. The molecule has 0 aliphatic carbocycles. The summed E-state index contributed by atoms with van der Waals surface area (Å²) in [4.78, 5) is 0. The lowest BCUT2D eigenvalue weighted by atomic mass is 10.4. The Morgan fingerprint density at radius 2 is 2.44 bits per heavy atom. The van der Waals surface area contributed by atoms with Crippen molar-refractivity contribution in [2.75, 3.05) is 0 Å². The monoisotopic (exact) mass is 143 g/mol. The molecule has 0 spiro atoms. The van der Waals surface area contributed by atoms with Crippen molar-refractivity contribution in [3.05, 3.63) is 11.4 Å². The summed E-state index contributed by atoms with van der Waals surface area (Å²) in [6.45, 7) is 1.81. The van der Waals surface area contributed by atoms with Crippen LogP contribution in [0.2, 0.25) is 0 Å². The molecule has 48 valence electrons. The standard InChI is InChI=1S/C4H5N3OS/c1-3-4(2-5-8)7-9-6-3/h2,8H,1H3/b5-2-. The predicted molar refractivity (Wildman–Crippen MR) is 34.0 cm³/mol. The first-order valence-corrected chi connectivity index (χ1v) is 3.04. The quantitative estimate of drug-likeness (QED) is 0.357. The van der Waals surface area contributed by atoms with Crippen LogP contribution in [0.15, 0.2) is 5.16 Å². The Balaban J connectivity index is 2.94. The van der Waals surface area contributed by atoms with Gasteiger partial charge < -0.3 is 5.21 Å². The predicted octanol–water partition coefficient (Wildman–Crippen LogP) is 0.655. The average molecular weight is 143 g/mol. The average Bonchev–Trinajstić information content (AvgIpc) is 2.18. The Hall–Kier alpha value is -0.970. The number of hydrogen-bond acceptors (Lipinski definition) is 5. The molecule has 0 bridgehead atoms. The zero-order valence-corrected chi connectivity index (χ0v) is 5.59. The highest BCUT2D eigenvalue weighted by Gasteiger charge is 1.96. The SMILES string of the molecule is Cc1nsnc1/C=N\O. The van der Waals surface area contributed by atoms with Gasteiger partial charge in [-0.2, -0.15) is 8.75 Å². The number of aryl methyl sites for hydroxylation is 1. The van der Waals surface area contributed by atoms with E-state index in [-0.39, 0.29) is 0 Å². The number of oxime groups is 1. The van der Waals surface area contributed by atoms with Crippen LogP contribution >= 0.6 is 11.7 Å². The maximum atomic E-state index is 8.07. The Kier molecular flexibility index (Phi) is 1.74. The largest absolute Gasteiger partial charge is 0.411 e. The summed E-state index contributed by atoms with van der Waals surface area (Å²) in [6.07, 6.45) is 1.26. The van der Waals surface area contributed by atoms with Crippen LogP contribution in [-0.2, 0) is 0 Å². The third-order valence-electron chi connectivity index (χ3n) is 0.868. The molecular formula is C4H5N3OS. The molecule has 1 rings (SSSR count). The molecule has 0 radical (unpaired) electrons. The van der Waals surface area contributed by atoms with E-state index in [1.807, 2.05) is 0 Å². The minimum absolute atomic E-state index is 0.627. The molecule has 1 aromatic heterocycles. The summed E-state index contributed by atoms with van der Waals surface area (Å²) in [7, 11) is 0. The van der Waals surface area contributed by atoms with E-state index >= 15 is 0 Å². The van der Waals surface area contributed by atoms with E-state index in [9.17, 15) is 0 Å². The molecule has 0 aliphatic rings. The molecule has 1 aromatic rings. The number of aromatic nitrogens is 2. The second-order valence-corrected chi connectivity index (χ2v) is 2.01. The van der Waals surface area contributed by atoms with Crippen molar-refractivity contribution < 1.29 is 5.21 Å². The van der Waals surface area contributed by atoms with Crippen LogP contribution in [0, 0.1) is 6.92 Å². The Bertz CT molecular complexity index is 219. The van der Waals surface area contributed by atoms with Crippen molar-refractivity contribution in [1.29, 1.82) is 0 Å². The fraction of sp³-hybridized carbons (Fsp3) is 0.250. The first-order valence-electron chi connectivity index (χ1n) is 2.31. The van der Waals surface area contributed by atoms with Crippen LogP contribution in [0.1, 0.15) is 11.4 Å². The van der Waals surface area contributed by atoms with Gasteiger partial charge in [0.1, 0.15) is 5.69 Å².